The lowest BCUT2D eigenvalue weighted by Crippen LogP contribution is -1.96. The van der Waals surface area contributed by atoms with E-state index in [1.165, 1.54) is 19.2 Å². The van der Waals surface area contributed by atoms with Gasteiger partial charge in [0.05, 0.1) is 23.0 Å². The Balaban J connectivity index is 2.33. The van der Waals surface area contributed by atoms with E-state index in [4.69, 9.17) is 4.74 Å². The fourth-order valence-corrected chi connectivity index (χ4v) is 1.74. The monoisotopic (exact) mass is 296 g/mol. The van der Waals surface area contributed by atoms with E-state index in [-0.39, 0.29) is 5.82 Å². The molecule has 1 aromatic carbocycles. The van der Waals surface area contributed by atoms with Gasteiger partial charge in [-0.2, -0.15) is 0 Å². The minimum Gasteiger partial charge on any atom is -0.494 e. The largest absolute Gasteiger partial charge is 0.494 e. The molecule has 0 saturated heterocycles. The van der Waals surface area contributed by atoms with Gasteiger partial charge in [0.25, 0.3) is 0 Å². The third kappa shape index (κ3) is 2.74. The van der Waals surface area contributed by atoms with E-state index in [1.807, 2.05) is 6.07 Å². The Bertz CT molecular complexity index is 534. The molecular formula is C12H10BrFN2O. The zero-order valence-corrected chi connectivity index (χ0v) is 10.7. The number of anilines is 2. The Morgan fingerprint density at radius 1 is 1.29 bits per heavy atom. The molecule has 17 heavy (non-hydrogen) atoms. The number of nitrogens with one attached hydrogen (secondary N) is 1. The summed E-state index contributed by atoms with van der Waals surface area (Å²) in [6.07, 6.45) is 3.35. The van der Waals surface area contributed by atoms with Crippen LogP contribution in [-0.4, -0.2) is 12.1 Å². The minimum absolute atomic E-state index is 0.332. The summed E-state index contributed by atoms with van der Waals surface area (Å²) in [7, 11) is 1.50. The lowest BCUT2D eigenvalue weighted by molar-refractivity contribution is 0.413. The molecular weight excluding hydrogens is 287 g/mol. The van der Waals surface area contributed by atoms with Crippen molar-refractivity contribution in [2.24, 2.45) is 0 Å². The Kier molecular flexibility index (Phi) is 3.58. The summed E-state index contributed by atoms with van der Waals surface area (Å²) in [5, 5.41) is 3.14. The van der Waals surface area contributed by atoms with E-state index in [0.29, 0.717) is 11.4 Å². The summed E-state index contributed by atoms with van der Waals surface area (Å²) >= 11 is 3.37. The summed E-state index contributed by atoms with van der Waals surface area (Å²) in [5.41, 5.74) is 1.53. The smallest absolute Gasteiger partial charge is 0.145 e. The molecule has 1 heterocycles. The van der Waals surface area contributed by atoms with Crippen LogP contribution < -0.4 is 10.1 Å². The average Bonchev–Trinajstić information content (AvgIpc) is 2.34. The van der Waals surface area contributed by atoms with Crippen molar-refractivity contribution in [3.8, 4) is 5.75 Å². The Morgan fingerprint density at radius 3 is 2.82 bits per heavy atom. The van der Waals surface area contributed by atoms with Crippen molar-refractivity contribution in [1.29, 1.82) is 0 Å². The summed E-state index contributed by atoms with van der Waals surface area (Å²) in [6, 6.07) is 6.14. The zero-order chi connectivity index (χ0) is 12.3. The van der Waals surface area contributed by atoms with Crippen molar-refractivity contribution in [2.75, 3.05) is 12.4 Å². The molecule has 5 heteroatoms. The first-order chi connectivity index (χ1) is 8.20. The van der Waals surface area contributed by atoms with Gasteiger partial charge < -0.3 is 10.1 Å². The highest BCUT2D eigenvalue weighted by Gasteiger charge is 2.06. The second-order valence-corrected chi connectivity index (χ2v) is 4.18. The van der Waals surface area contributed by atoms with Gasteiger partial charge in [0.15, 0.2) is 0 Å². The highest BCUT2D eigenvalue weighted by atomic mass is 79.9. The van der Waals surface area contributed by atoms with Gasteiger partial charge in [0.1, 0.15) is 11.6 Å². The SMILES string of the molecule is COc1cc(F)ccc1Nc1ccncc1Br. The van der Waals surface area contributed by atoms with E-state index >= 15 is 0 Å². The van der Waals surface area contributed by atoms with Gasteiger partial charge in [-0.1, -0.05) is 0 Å². The molecule has 1 N–H and O–H groups in total. The number of hydrogen-bond donors (Lipinski definition) is 1. The van der Waals surface area contributed by atoms with Crippen LogP contribution in [-0.2, 0) is 0 Å². The zero-order valence-electron chi connectivity index (χ0n) is 9.08. The molecule has 0 aliphatic carbocycles. The molecule has 0 aliphatic heterocycles. The number of nitrogens with zero attached hydrogens (tertiary/aromatic N) is 1. The van der Waals surface area contributed by atoms with Gasteiger partial charge >= 0.3 is 0 Å². The maximum Gasteiger partial charge on any atom is 0.145 e. The molecule has 0 radical (unpaired) electrons. The first-order valence-electron chi connectivity index (χ1n) is 4.91. The number of benzene rings is 1. The van der Waals surface area contributed by atoms with Crippen LogP contribution in [0.3, 0.4) is 0 Å². The van der Waals surface area contributed by atoms with Crippen LogP contribution in [0.1, 0.15) is 0 Å². The van der Waals surface area contributed by atoms with Gasteiger partial charge in [-0.05, 0) is 34.1 Å². The number of hydrogen-bond acceptors (Lipinski definition) is 3. The van der Waals surface area contributed by atoms with E-state index < -0.39 is 0 Å². The van der Waals surface area contributed by atoms with Crippen LogP contribution in [0.4, 0.5) is 15.8 Å². The number of pyridine rings is 1. The van der Waals surface area contributed by atoms with Crippen molar-refractivity contribution >= 4 is 27.3 Å². The minimum atomic E-state index is -0.332. The molecule has 0 amide bonds. The van der Waals surface area contributed by atoms with Crippen molar-refractivity contribution in [2.45, 2.75) is 0 Å². The summed E-state index contributed by atoms with van der Waals surface area (Å²) < 4.78 is 19.0. The lowest BCUT2D eigenvalue weighted by atomic mass is 10.2. The molecule has 0 atom stereocenters. The quantitative estimate of drug-likeness (QED) is 0.937. The Labute approximate surface area is 107 Å². The van der Waals surface area contributed by atoms with Crippen molar-refractivity contribution in [3.63, 3.8) is 0 Å². The molecule has 0 spiro atoms. The third-order valence-corrected chi connectivity index (χ3v) is 2.84. The number of methoxy groups -OCH3 is 1. The molecule has 0 aliphatic rings. The highest BCUT2D eigenvalue weighted by Crippen LogP contribution is 2.31. The molecule has 3 nitrogen and oxygen atoms in total. The number of ether oxygens (including phenoxy) is 1. The van der Waals surface area contributed by atoms with Gasteiger partial charge in [0, 0.05) is 18.5 Å². The molecule has 88 valence electrons. The van der Waals surface area contributed by atoms with Gasteiger partial charge in [-0.3, -0.25) is 4.98 Å². The van der Waals surface area contributed by atoms with E-state index in [1.54, 1.807) is 18.5 Å². The van der Waals surface area contributed by atoms with E-state index in [2.05, 4.69) is 26.2 Å². The predicted octanol–water partition coefficient (Wildman–Crippen LogP) is 3.74. The number of aromatic nitrogens is 1. The number of halogens is 2. The molecule has 0 saturated carbocycles. The normalized spacial score (nSPS) is 10.1. The predicted molar refractivity (Wildman–Crippen MR) is 68.2 cm³/mol. The van der Waals surface area contributed by atoms with E-state index in [9.17, 15) is 4.39 Å². The van der Waals surface area contributed by atoms with Crippen molar-refractivity contribution in [1.82, 2.24) is 4.98 Å². The first-order valence-corrected chi connectivity index (χ1v) is 5.70. The van der Waals surface area contributed by atoms with Crippen LogP contribution in [0.15, 0.2) is 41.1 Å². The second kappa shape index (κ2) is 5.14. The highest BCUT2D eigenvalue weighted by molar-refractivity contribution is 9.10. The van der Waals surface area contributed by atoms with Crippen LogP contribution in [0.2, 0.25) is 0 Å². The molecule has 2 rings (SSSR count). The third-order valence-electron chi connectivity index (χ3n) is 2.21. The Morgan fingerprint density at radius 2 is 2.12 bits per heavy atom. The topological polar surface area (TPSA) is 34.1 Å². The average molecular weight is 297 g/mol. The maximum atomic E-state index is 13.0. The van der Waals surface area contributed by atoms with Gasteiger partial charge in [-0.15, -0.1) is 0 Å². The van der Waals surface area contributed by atoms with Crippen LogP contribution in [0, 0.1) is 5.82 Å². The maximum absolute atomic E-state index is 13.0. The van der Waals surface area contributed by atoms with Crippen LogP contribution in [0.25, 0.3) is 0 Å². The van der Waals surface area contributed by atoms with E-state index in [0.717, 1.165) is 10.2 Å². The van der Waals surface area contributed by atoms with Crippen LogP contribution in [0.5, 0.6) is 5.75 Å². The number of rotatable bonds is 3. The lowest BCUT2D eigenvalue weighted by Gasteiger charge is -2.12. The fourth-order valence-electron chi connectivity index (χ4n) is 1.39. The molecule has 0 unspecified atom stereocenters. The molecule has 0 fully saturated rings. The molecule has 2 aromatic rings. The fraction of sp³-hybridized carbons (Fsp3) is 0.0833. The molecule has 1 aromatic heterocycles. The summed E-state index contributed by atoms with van der Waals surface area (Å²) in [6.45, 7) is 0. The van der Waals surface area contributed by atoms with Crippen molar-refractivity contribution < 1.29 is 9.13 Å². The first kappa shape index (κ1) is 11.9. The van der Waals surface area contributed by atoms with Crippen LogP contribution >= 0.6 is 15.9 Å². The molecule has 0 bridgehead atoms. The van der Waals surface area contributed by atoms with Gasteiger partial charge in [-0.25, -0.2) is 4.39 Å². The van der Waals surface area contributed by atoms with Crippen molar-refractivity contribution in [3.05, 3.63) is 46.9 Å². The summed E-state index contributed by atoms with van der Waals surface area (Å²) in [5.74, 6) is 0.120. The standard InChI is InChI=1S/C12H10BrFN2O/c1-17-12-6-8(14)2-3-11(12)16-10-4-5-15-7-9(10)13/h2-7H,1H3,(H,15,16). The van der Waals surface area contributed by atoms with Gasteiger partial charge in [0.2, 0.25) is 0 Å². The Hall–Kier alpha value is -1.62. The summed E-state index contributed by atoms with van der Waals surface area (Å²) in [4.78, 5) is 3.97. The second-order valence-electron chi connectivity index (χ2n) is 3.33.